The van der Waals surface area contributed by atoms with Crippen molar-refractivity contribution in [3.05, 3.63) is 72.4 Å². The van der Waals surface area contributed by atoms with Crippen molar-refractivity contribution in [1.82, 2.24) is 19.7 Å². The molecule has 4 amide bonds. The topological polar surface area (TPSA) is 214 Å². The molecule has 18 heteroatoms. The molecule has 2 saturated heterocycles. The number of ether oxygens (including phenoxy) is 1. The Morgan fingerprint density at radius 1 is 0.842 bits per heavy atom. The van der Waals surface area contributed by atoms with E-state index in [-0.39, 0.29) is 36.2 Å². The highest BCUT2D eigenvalue weighted by Gasteiger charge is 2.46. The molecule has 3 fully saturated rings. The quantitative estimate of drug-likeness (QED) is 0.142. The average molecular weight is 796 g/mol. The number of halogens is 2. The lowest BCUT2D eigenvalue weighted by Gasteiger charge is -2.42. The Balaban J connectivity index is 0.000000616. The molecule has 3 aliphatic rings. The van der Waals surface area contributed by atoms with Crippen LogP contribution in [0.4, 0.5) is 30.8 Å². The van der Waals surface area contributed by atoms with Gasteiger partial charge in [-0.3, -0.25) is 24.6 Å². The number of carboxylic acid groups (broad SMARTS) is 2. The van der Waals surface area contributed by atoms with E-state index in [9.17, 15) is 32.8 Å². The monoisotopic (exact) mass is 795 g/mol. The lowest BCUT2D eigenvalue weighted by molar-refractivity contribution is -0.152. The summed E-state index contributed by atoms with van der Waals surface area (Å²) in [6.07, 6.45) is 2.45. The second-order valence-electron chi connectivity index (χ2n) is 14.5. The van der Waals surface area contributed by atoms with Crippen LogP contribution in [0, 0.1) is 17.0 Å². The number of rotatable bonds is 13. The molecule has 1 atom stereocenters. The number of piperazine rings is 1. The first-order valence-electron chi connectivity index (χ1n) is 18.6. The van der Waals surface area contributed by atoms with E-state index < -0.39 is 47.4 Å². The van der Waals surface area contributed by atoms with E-state index in [1.165, 1.54) is 48.7 Å². The Labute approximate surface area is 327 Å². The molecular formula is C39H47F2N7O9. The third kappa shape index (κ3) is 13.2. The van der Waals surface area contributed by atoms with Crippen molar-refractivity contribution in [3.63, 3.8) is 0 Å². The highest BCUT2D eigenvalue weighted by atomic mass is 19.1. The first kappa shape index (κ1) is 42.4. The van der Waals surface area contributed by atoms with Crippen LogP contribution in [0.15, 0.2) is 60.8 Å². The maximum Gasteiger partial charge on any atom is 0.333 e. The zero-order valence-electron chi connectivity index (χ0n) is 31.5. The highest BCUT2D eigenvalue weighted by molar-refractivity contribution is 5.94. The number of aliphatic carboxylic acids is 2. The van der Waals surface area contributed by atoms with E-state index in [4.69, 9.17) is 20.1 Å². The van der Waals surface area contributed by atoms with Gasteiger partial charge in [-0.1, -0.05) is 0 Å². The zero-order valence-corrected chi connectivity index (χ0v) is 31.5. The number of aromatic nitrogens is 1. The first-order valence-corrected chi connectivity index (χ1v) is 18.6. The summed E-state index contributed by atoms with van der Waals surface area (Å²) in [4.78, 5) is 68.6. The van der Waals surface area contributed by atoms with Gasteiger partial charge in [0.25, 0.3) is 0 Å². The lowest BCUT2D eigenvalue weighted by Crippen LogP contribution is -2.53. The van der Waals surface area contributed by atoms with Gasteiger partial charge in [-0.05, 0) is 80.6 Å². The van der Waals surface area contributed by atoms with Gasteiger partial charge in [0.2, 0.25) is 11.8 Å². The number of hydrogen-bond acceptors (Lipinski definition) is 10. The van der Waals surface area contributed by atoms with E-state index in [0.717, 1.165) is 39.0 Å². The molecule has 0 radical (unpaired) electrons. The number of nitrogens with zero attached hydrogens (tertiary/aromatic N) is 4. The van der Waals surface area contributed by atoms with Gasteiger partial charge in [-0.15, -0.1) is 0 Å². The minimum absolute atomic E-state index is 0.00186. The largest absolute Gasteiger partial charge is 0.481 e. The van der Waals surface area contributed by atoms with E-state index in [1.807, 2.05) is 0 Å². The van der Waals surface area contributed by atoms with Crippen LogP contribution in [0.2, 0.25) is 0 Å². The van der Waals surface area contributed by atoms with Gasteiger partial charge in [0.1, 0.15) is 29.0 Å². The van der Waals surface area contributed by atoms with Gasteiger partial charge >= 0.3 is 18.0 Å². The molecule has 57 heavy (non-hydrogen) atoms. The molecule has 1 saturated carbocycles. The molecule has 3 aromatic rings. The molecular weight excluding hydrogens is 748 g/mol. The smallest absolute Gasteiger partial charge is 0.333 e. The molecule has 0 spiro atoms. The molecule has 1 aromatic heterocycles. The standard InChI is InChI=1S/C35H41F2N7O4.C4H6O5/c1-42-16-18-43(19-17-42)26-9-14-44(15-10-26)34(47)41-31-21-28(8-13-38-31)48-27-6-7-30(29(37)20-27)40-33(46)23-35(11-12-35)22-32(45)39-25-4-2-24(36)3-5-25;5-2(4(8)9)1-3(6)7/h2-8,13,20-21,26H,9-12,14-19,22-23H2,1H3,(H,39,45)(H,40,46)(H,38,41,47);2,5H,1H2,(H,6,7)(H,8,9)/t;2-/m.0/s1. The van der Waals surface area contributed by atoms with E-state index >= 15 is 0 Å². The van der Waals surface area contributed by atoms with Crippen molar-refractivity contribution in [1.29, 1.82) is 0 Å². The van der Waals surface area contributed by atoms with Crippen LogP contribution in [-0.2, 0) is 19.2 Å². The number of amides is 4. The Kier molecular flexibility index (Phi) is 14.5. The summed E-state index contributed by atoms with van der Waals surface area (Å²) in [6.45, 7) is 5.63. The molecule has 2 aliphatic heterocycles. The Morgan fingerprint density at radius 2 is 1.47 bits per heavy atom. The molecule has 2 aromatic carbocycles. The average Bonchev–Trinajstić information content (AvgIpc) is 3.92. The number of piperidine rings is 1. The zero-order chi connectivity index (χ0) is 41.1. The number of anilines is 3. The Hall–Kier alpha value is -5.72. The minimum Gasteiger partial charge on any atom is -0.481 e. The normalized spacial score (nSPS) is 17.3. The number of likely N-dealkylation sites (tertiary alicyclic amines) is 1. The second-order valence-corrected chi connectivity index (χ2v) is 14.5. The summed E-state index contributed by atoms with van der Waals surface area (Å²) in [5.41, 5.74) is -0.00691. The van der Waals surface area contributed by atoms with Crippen molar-refractivity contribution in [2.24, 2.45) is 5.41 Å². The SMILES string of the molecule is CN1CCN(C2CCN(C(=O)Nc3cc(Oc4ccc(NC(=O)CC5(CC(=O)Nc6ccc(F)cc6)CC5)c(F)c4)ccn3)CC2)CC1.O=C(O)C[C@H](O)C(=O)O. The van der Waals surface area contributed by atoms with Crippen LogP contribution in [0.5, 0.6) is 11.5 Å². The van der Waals surface area contributed by atoms with Crippen LogP contribution < -0.4 is 20.7 Å². The van der Waals surface area contributed by atoms with E-state index in [2.05, 4.69) is 37.8 Å². The molecule has 6 N–H and O–H groups in total. The lowest BCUT2D eigenvalue weighted by atomic mass is 9.97. The fourth-order valence-electron chi connectivity index (χ4n) is 6.61. The summed E-state index contributed by atoms with van der Waals surface area (Å²) < 4.78 is 34.0. The molecule has 0 unspecified atom stereocenters. The van der Waals surface area contributed by atoms with E-state index in [1.54, 1.807) is 17.0 Å². The molecule has 3 heterocycles. The summed E-state index contributed by atoms with van der Waals surface area (Å²) in [5.74, 6) is -3.69. The van der Waals surface area contributed by atoms with Crippen LogP contribution in [0.3, 0.4) is 0 Å². The predicted molar refractivity (Wildman–Crippen MR) is 204 cm³/mol. The second kappa shape index (κ2) is 19.4. The highest BCUT2D eigenvalue weighted by Crippen LogP contribution is 2.52. The van der Waals surface area contributed by atoms with E-state index in [0.29, 0.717) is 49.2 Å². The molecule has 16 nitrogen and oxygen atoms in total. The summed E-state index contributed by atoms with van der Waals surface area (Å²) in [7, 11) is 2.15. The van der Waals surface area contributed by atoms with Crippen molar-refractivity contribution in [2.75, 3.05) is 62.3 Å². The van der Waals surface area contributed by atoms with Crippen molar-refractivity contribution < 1.29 is 52.8 Å². The third-order valence-corrected chi connectivity index (χ3v) is 10.0. The van der Waals surface area contributed by atoms with Crippen LogP contribution in [0.25, 0.3) is 0 Å². The fraction of sp³-hybridized carbons (Fsp3) is 0.436. The van der Waals surface area contributed by atoms with Crippen LogP contribution in [-0.4, -0.2) is 123 Å². The number of carbonyl (C=O) groups is 5. The van der Waals surface area contributed by atoms with Crippen molar-refractivity contribution in [3.8, 4) is 11.5 Å². The van der Waals surface area contributed by atoms with Gasteiger partial charge in [0, 0.05) is 82.2 Å². The summed E-state index contributed by atoms with van der Waals surface area (Å²) >= 11 is 0. The number of carboxylic acids is 2. The number of aliphatic hydroxyl groups excluding tert-OH is 1. The van der Waals surface area contributed by atoms with Crippen molar-refractivity contribution >= 4 is 47.0 Å². The Morgan fingerprint density at radius 3 is 2.05 bits per heavy atom. The minimum atomic E-state index is -1.79. The molecule has 6 rings (SSSR count). The molecule has 0 bridgehead atoms. The summed E-state index contributed by atoms with van der Waals surface area (Å²) in [6, 6.07) is 13.0. The predicted octanol–water partition coefficient (Wildman–Crippen LogP) is 4.44. The van der Waals surface area contributed by atoms with Gasteiger partial charge in [0.05, 0.1) is 12.1 Å². The van der Waals surface area contributed by atoms with Gasteiger partial charge in [0.15, 0.2) is 6.10 Å². The van der Waals surface area contributed by atoms with Gasteiger partial charge < -0.3 is 40.5 Å². The fourth-order valence-corrected chi connectivity index (χ4v) is 6.61. The van der Waals surface area contributed by atoms with Gasteiger partial charge in [-0.25, -0.2) is 23.4 Å². The maximum atomic E-state index is 15.0. The molecule has 306 valence electrons. The van der Waals surface area contributed by atoms with Crippen LogP contribution in [0.1, 0.15) is 44.9 Å². The number of carbonyl (C=O) groups excluding carboxylic acids is 3. The van der Waals surface area contributed by atoms with Crippen LogP contribution >= 0.6 is 0 Å². The number of hydrogen-bond donors (Lipinski definition) is 6. The van der Waals surface area contributed by atoms with Gasteiger partial charge in [-0.2, -0.15) is 0 Å². The number of benzene rings is 2. The first-order chi connectivity index (χ1) is 27.2. The number of likely N-dealkylation sites (N-methyl/N-ethyl adjacent to an activating group) is 1. The number of urea groups is 1. The number of nitrogens with one attached hydrogen (secondary N) is 3. The summed E-state index contributed by atoms with van der Waals surface area (Å²) in [5, 5.41) is 32.3. The van der Waals surface area contributed by atoms with Crippen molar-refractivity contribution in [2.45, 2.75) is 57.1 Å². The number of aliphatic hydroxyl groups is 1. The Bertz CT molecular complexity index is 1900. The third-order valence-electron chi connectivity index (χ3n) is 10.0. The molecule has 1 aliphatic carbocycles. The number of pyridine rings is 1. The maximum absolute atomic E-state index is 15.0.